The Labute approximate surface area is 119 Å². The molecule has 0 amide bonds. The van der Waals surface area contributed by atoms with E-state index >= 15 is 0 Å². The number of Topliss-reactive ketones (excluding diaryl/α,β-unsaturated/α-hetero) is 1. The predicted octanol–water partition coefficient (Wildman–Crippen LogP) is 3.17. The van der Waals surface area contributed by atoms with E-state index < -0.39 is 0 Å². The van der Waals surface area contributed by atoms with Gasteiger partial charge in [0.15, 0.2) is 0 Å². The molecule has 0 aliphatic heterocycles. The van der Waals surface area contributed by atoms with Crippen LogP contribution in [-0.2, 0) is 17.8 Å². The molecule has 0 atom stereocenters. The van der Waals surface area contributed by atoms with Gasteiger partial charge in [0.05, 0.1) is 18.2 Å². The zero-order valence-electron chi connectivity index (χ0n) is 12.2. The number of rotatable bonds is 6. The summed E-state index contributed by atoms with van der Waals surface area (Å²) < 4.78 is 7.84. The number of nitrogens with zero attached hydrogens (tertiary/aromatic N) is 2. The van der Waals surface area contributed by atoms with Crippen molar-refractivity contribution < 1.29 is 9.53 Å². The molecule has 0 aliphatic carbocycles. The van der Waals surface area contributed by atoms with Gasteiger partial charge in [0, 0.05) is 12.5 Å². The minimum absolute atomic E-state index is 0.166. The second-order valence-electron chi connectivity index (χ2n) is 5.20. The smallest absolute Gasteiger partial charge is 0.134 e. The summed E-state index contributed by atoms with van der Waals surface area (Å²) in [5.41, 5.74) is 2.06. The van der Waals surface area contributed by atoms with Gasteiger partial charge in [-0.25, -0.2) is 4.98 Å². The van der Waals surface area contributed by atoms with E-state index in [0.717, 1.165) is 17.0 Å². The number of hydrogen-bond acceptors (Lipinski definition) is 3. The first-order valence-corrected chi connectivity index (χ1v) is 6.78. The highest BCUT2D eigenvalue weighted by atomic mass is 16.5. The van der Waals surface area contributed by atoms with Gasteiger partial charge in [0.25, 0.3) is 0 Å². The van der Waals surface area contributed by atoms with Crippen molar-refractivity contribution in [3.8, 4) is 5.75 Å². The lowest BCUT2D eigenvalue weighted by atomic mass is 10.1. The van der Waals surface area contributed by atoms with E-state index in [4.69, 9.17) is 4.74 Å². The normalized spacial score (nSPS) is 10.8. The second kappa shape index (κ2) is 6.37. The van der Waals surface area contributed by atoms with Crippen molar-refractivity contribution >= 4 is 5.78 Å². The molecule has 1 heterocycles. The molecule has 0 fully saturated rings. The Hall–Kier alpha value is -2.10. The molecule has 1 aromatic heterocycles. The number of ether oxygens (including phenoxy) is 1. The molecule has 0 bridgehead atoms. The highest BCUT2D eigenvalue weighted by Gasteiger charge is 2.06. The van der Waals surface area contributed by atoms with Crippen LogP contribution in [0.5, 0.6) is 5.75 Å². The van der Waals surface area contributed by atoms with E-state index in [9.17, 15) is 4.79 Å². The molecule has 4 nitrogen and oxygen atoms in total. The van der Waals surface area contributed by atoms with Crippen LogP contribution >= 0.6 is 0 Å². The van der Waals surface area contributed by atoms with Crippen LogP contribution in [0.3, 0.4) is 0 Å². The van der Waals surface area contributed by atoms with Crippen molar-refractivity contribution in [3.63, 3.8) is 0 Å². The summed E-state index contributed by atoms with van der Waals surface area (Å²) in [4.78, 5) is 15.2. The van der Waals surface area contributed by atoms with Crippen LogP contribution < -0.4 is 4.74 Å². The fourth-order valence-electron chi connectivity index (χ4n) is 2.06. The van der Waals surface area contributed by atoms with Crippen LogP contribution in [0.4, 0.5) is 0 Å². The number of benzene rings is 1. The minimum Gasteiger partial charge on any atom is -0.487 e. The molecule has 0 saturated carbocycles. The average Bonchev–Trinajstić information content (AvgIpc) is 2.86. The molecule has 0 N–H and O–H groups in total. The van der Waals surface area contributed by atoms with Crippen LogP contribution in [0.1, 0.15) is 38.1 Å². The van der Waals surface area contributed by atoms with Gasteiger partial charge >= 0.3 is 0 Å². The number of carbonyl (C=O) groups is 1. The first-order chi connectivity index (χ1) is 9.56. The first kappa shape index (κ1) is 14.3. The molecular formula is C16H20N2O2. The van der Waals surface area contributed by atoms with E-state index in [1.165, 1.54) is 0 Å². The highest BCUT2D eigenvalue weighted by Crippen LogP contribution is 2.16. The molecule has 0 unspecified atom stereocenters. The minimum atomic E-state index is 0.166. The zero-order valence-corrected chi connectivity index (χ0v) is 12.2. The van der Waals surface area contributed by atoms with Crippen molar-refractivity contribution in [3.05, 3.63) is 48.0 Å². The SMILES string of the molecule is CC(=O)Cc1ccc(OCc2cncn2C(C)C)cc1. The summed E-state index contributed by atoms with van der Waals surface area (Å²) in [6.07, 6.45) is 4.11. The Bertz CT molecular complexity index is 570. The maximum Gasteiger partial charge on any atom is 0.134 e. The molecule has 0 radical (unpaired) electrons. The summed E-state index contributed by atoms with van der Waals surface area (Å²) in [6, 6.07) is 8.02. The number of hydrogen-bond donors (Lipinski definition) is 0. The van der Waals surface area contributed by atoms with E-state index in [0.29, 0.717) is 19.1 Å². The maximum absolute atomic E-state index is 11.0. The Morgan fingerprint density at radius 3 is 2.60 bits per heavy atom. The van der Waals surface area contributed by atoms with Gasteiger partial charge in [-0.3, -0.25) is 4.79 Å². The topological polar surface area (TPSA) is 44.1 Å². The average molecular weight is 272 g/mol. The van der Waals surface area contributed by atoms with Crippen molar-refractivity contribution in [2.45, 2.75) is 39.8 Å². The summed E-state index contributed by atoms with van der Waals surface area (Å²) in [5, 5.41) is 0. The Balaban J connectivity index is 1.97. The standard InChI is InChI=1S/C16H20N2O2/c1-12(2)18-11-17-9-15(18)10-20-16-6-4-14(5-7-16)8-13(3)19/h4-7,9,11-12H,8,10H2,1-3H3. The van der Waals surface area contributed by atoms with Crippen LogP contribution in [0.2, 0.25) is 0 Å². The van der Waals surface area contributed by atoms with Crippen molar-refractivity contribution in [2.24, 2.45) is 0 Å². The van der Waals surface area contributed by atoms with Gasteiger partial charge in [0.2, 0.25) is 0 Å². The maximum atomic E-state index is 11.0. The van der Waals surface area contributed by atoms with Gasteiger partial charge in [0.1, 0.15) is 18.1 Å². The Kier molecular flexibility index (Phi) is 4.56. The number of ketones is 1. The molecule has 0 spiro atoms. The first-order valence-electron chi connectivity index (χ1n) is 6.78. The summed E-state index contributed by atoms with van der Waals surface area (Å²) in [7, 11) is 0. The molecular weight excluding hydrogens is 252 g/mol. The molecule has 2 aromatic rings. The third-order valence-electron chi connectivity index (χ3n) is 3.07. The lowest BCUT2D eigenvalue weighted by molar-refractivity contribution is -0.116. The largest absolute Gasteiger partial charge is 0.487 e. The predicted molar refractivity (Wildman–Crippen MR) is 77.8 cm³/mol. The van der Waals surface area contributed by atoms with Crippen LogP contribution in [0.25, 0.3) is 0 Å². The Morgan fingerprint density at radius 2 is 2.00 bits per heavy atom. The lowest BCUT2D eigenvalue weighted by Gasteiger charge is -2.12. The van der Waals surface area contributed by atoms with Crippen LogP contribution in [-0.4, -0.2) is 15.3 Å². The van der Waals surface area contributed by atoms with Crippen molar-refractivity contribution in [2.75, 3.05) is 0 Å². The van der Waals surface area contributed by atoms with E-state index in [1.54, 1.807) is 6.92 Å². The van der Waals surface area contributed by atoms with Crippen molar-refractivity contribution in [1.29, 1.82) is 0 Å². The van der Waals surface area contributed by atoms with Gasteiger partial charge < -0.3 is 9.30 Å². The van der Waals surface area contributed by atoms with E-state index in [1.807, 2.05) is 36.8 Å². The van der Waals surface area contributed by atoms with Crippen LogP contribution in [0, 0.1) is 0 Å². The number of carbonyl (C=O) groups excluding carboxylic acids is 1. The van der Waals surface area contributed by atoms with Gasteiger partial charge in [-0.05, 0) is 38.5 Å². The zero-order chi connectivity index (χ0) is 14.5. The number of imidazole rings is 1. The summed E-state index contributed by atoms with van der Waals surface area (Å²) in [6.45, 7) is 6.31. The van der Waals surface area contributed by atoms with Crippen LogP contribution in [0.15, 0.2) is 36.8 Å². The quantitative estimate of drug-likeness (QED) is 0.811. The molecule has 20 heavy (non-hydrogen) atoms. The van der Waals surface area contributed by atoms with E-state index in [2.05, 4.69) is 23.4 Å². The second-order valence-corrected chi connectivity index (χ2v) is 5.20. The molecule has 4 heteroatoms. The third-order valence-corrected chi connectivity index (χ3v) is 3.07. The monoisotopic (exact) mass is 272 g/mol. The molecule has 106 valence electrons. The van der Waals surface area contributed by atoms with E-state index in [-0.39, 0.29) is 5.78 Å². The third kappa shape index (κ3) is 3.70. The van der Waals surface area contributed by atoms with Crippen molar-refractivity contribution in [1.82, 2.24) is 9.55 Å². The summed E-state index contributed by atoms with van der Waals surface area (Å²) in [5.74, 6) is 0.966. The van der Waals surface area contributed by atoms with Gasteiger partial charge in [-0.1, -0.05) is 12.1 Å². The molecule has 2 rings (SSSR count). The van der Waals surface area contributed by atoms with Gasteiger partial charge in [-0.15, -0.1) is 0 Å². The fraction of sp³-hybridized carbons (Fsp3) is 0.375. The lowest BCUT2D eigenvalue weighted by Crippen LogP contribution is -2.07. The highest BCUT2D eigenvalue weighted by molar-refractivity contribution is 5.78. The molecule has 0 aliphatic rings. The Morgan fingerprint density at radius 1 is 1.30 bits per heavy atom. The molecule has 1 aromatic carbocycles. The number of aromatic nitrogens is 2. The molecule has 0 saturated heterocycles. The fourth-order valence-corrected chi connectivity index (χ4v) is 2.06. The summed E-state index contributed by atoms with van der Waals surface area (Å²) >= 11 is 0. The van der Waals surface area contributed by atoms with Gasteiger partial charge in [-0.2, -0.15) is 0 Å².